The average Bonchev–Trinajstić information content (AvgIpc) is 2.82. The van der Waals surface area contributed by atoms with Crippen molar-refractivity contribution in [3.05, 3.63) is 0 Å². The molecule has 5 nitrogen and oxygen atoms in total. The van der Waals surface area contributed by atoms with Crippen LogP contribution in [-0.2, 0) is 4.79 Å². The molecule has 1 aliphatic heterocycles. The van der Waals surface area contributed by atoms with Gasteiger partial charge in [0.05, 0.1) is 12.6 Å². The van der Waals surface area contributed by atoms with Gasteiger partial charge in [-0.05, 0) is 0 Å². The van der Waals surface area contributed by atoms with Gasteiger partial charge in [0.1, 0.15) is 6.04 Å². The number of nitrogens with one attached hydrogen (secondary N) is 1. The Bertz CT molecular complexity index is 286. The molecule has 1 atom stereocenters. The van der Waals surface area contributed by atoms with Gasteiger partial charge in [0.15, 0.2) is 4.84 Å². The van der Waals surface area contributed by atoms with Crippen LogP contribution < -0.4 is 5.32 Å². The van der Waals surface area contributed by atoms with E-state index in [0.29, 0.717) is 6.54 Å². The number of hydrogen-bond donors (Lipinski definition) is 1. The normalized spacial score (nSPS) is 19.5. The number of halogens is 2. The Morgan fingerprint density at radius 2 is 2.23 bits per heavy atom. The van der Waals surface area contributed by atoms with Crippen LogP contribution in [0.15, 0.2) is 0 Å². The molecule has 0 aromatic heterocycles. The van der Waals surface area contributed by atoms with Crippen LogP contribution in [0.2, 0.25) is 0 Å². The standard InChI is InChI=1S/C6H5Cl2N3O2/c7-4(8)5(12)10-6(13)11-2-3(11)1-9/h3-4H,2H2,(H,10,12,13). The van der Waals surface area contributed by atoms with E-state index >= 15 is 0 Å². The molecule has 0 aliphatic carbocycles. The summed E-state index contributed by atoms with van der Waals surface area (Å²) < 4.78 is 0. The van der Waals surface area contributed by atoms with Crippen LogP contribution in [0.3, 0.4) is 0 Å². The van der Waals surface area contributed by atoms with Crippen LogP contribution in [0.1, 0.15) is 0 Å². The molecule has 1 rings (SSSR count). The predicted molar refractivity (Wildman–Crippen MR) is 45.1 cm³/mol. The molecule has 7 heteroatoms. The molecule has 0 bridgehead atoms. The minimum atomic E-state index is -1.27. The summed E-state index contributed by atoms with van der Waals surface area (Å²) in [5.74, 6) is -0.781. The van der Waals surface area contributed by atoms with Crippen molar-refractivity contribution in [2.75, 3.05) is 6.54 Å². The lowest BCUT2D eigenvalue weighted by molar-refractivity contribution is -0.118. The average molecular weight is 222 g/mol. The molecule has 13 heavy (non-hydrogen) atoms. The molecule has 0 aromatic carbocycles. The van der Waals surface area contributed by atoms with Crippen molar-refractivity contribution in [2.24, 2.45) is 0 Å². The van der Waals surface area contributed by atoms with E-state index < -0.39 is 22.8 Å². The number of carbonyl (C=O) groups excluding carboxylic acids is 2. The van der Waals surface area contributed by atoms with Crippen LogP contribution in [-0.4, -0.2) is 34.3 Å². The maximum absolute atomic E-state index is 11.0. The number of carbonyl (C=O) groups is 2. The zero-order valence-corrected chi connectivity index (χ0v) is 7.84. The third-order valence-corrected chi connectivity index (χ3v) is 1.85. The summed E-state index contributed by atoms with van der Waals surface area (Å²) in [6.07, 6.45) is 0. The van der Waals surface area contributed by atoms with E-state index in [1.54, 1.807) is 0 Å². The van der Waals surface area contributed by atoms with Crippen LogP contribution >= 0.6 is 23.2 Å². The van der Waals surface area contributed by atoms with Crippen molar-refractivity contribution in [3.63, 3.8) is 0 Å². The summed E-state index contributed by atoms with van der Waals surface area (Å²) in [4.78, 5) is 21.7. The van der Waals surface area contributed by atoms with Crippen molar-refractivity contribution >= 4 is 35.1 Å². The number of nitriles is 1. The summed E-state index contributed by atoms with van der Waals surface area (Å²) in [7, 11) is 0. The molecule has 0 radical (unpaired) electrons. The van der Waals surface area contributed by atoms with E-state index in [1.807, 2.05) is 11.4 Å². The van der Waals surface area contributed by atoms with Gasteiger partial charge < -0.3 is 4.90 Å². The highest BCUT2D eigenvalue weighted by Crippen LogP contribution is 2.15. The molecule has 1 saturated heterocycles. The highest BCUT2D eigenvalue weighted by Gasteiger charge is 2.39. The van der Waals surface area contributed by atoms with Crippen molar-refractivity contribution in [1.29, 1.82) is 5.26 Å². The topological polar surface area (TPSA) is 73.0 Å². The molecule has 1 aliphatic rings. The zero-order valence-electron chi connectivity index (χ0n) is 6.33. The molecule has 1 fully saturated rings. The Balaban J connectivity index is 2.36. The monoisotopic (exact) mass is 221 g/mol. The quantitative estimate of drug-likeness (QED) is 0.509. The van der Waals surface area contributed by atoms with Gasteiger partial charge in [-0.15, -0.1) is 0 Å². The van der Waals surface area contributed by atoms with E-state index in [4.69, 9.17) is 28.5 Å². The first-order valence-electron chi connectivity index (χ1n) is 3.35. The van der Waals surface area contributed by atoms with Crippen molar-refractivity contribution in [3.8, 4) is 6.07 Å². The lowest BCUT2D eigenvalue weighted by Gasteiger charge is -2.03. The Hall–Kier alpha value is -0.990. The fraction of sp³-hybridized carbons (Fsp3) is 0.500. The van der Waals surface area contributed by atoms with Crippen LogP contribution in [0.5, 0.6) is 0 Å². The Kier molecular flexibility index (Phi) is 2.96. The second kappa shape index (κ2) is 3.81. The van der Waals surface area contributed by atoms with Gasteiger partial charge in [0.25, 0.3) is 5.91 Å². The van der Waals surface area contributed by atoms with Crippen LogP contribution in [0.25, 0.3) is 0 Å². The second-order valence-corrected chi connectivity index (χ2v) is 3.49. The molecular weight excluding hydrogens is 217 g/mol. The fourth-order valence-electron chi connectivity index (χ4n) is 0.706. The summed E-state index contributed by atoms with van der Waals surface area (Å²) >= 11 is 10.4. The molecule has 0 spiro atoms. The number of alkyl halides is 2. The first-order valence-corrected chi connectivity index (χ1v) is 4.22. The van der Waals surface area contributed by atoms with Crippen molar-refractivity contribution in [1.82, 2.24) is 10.2 Å². The third-order valence-electron chi connectivity index (χ3n) is 1.45. The maximum atomic E-state index is 11.0. The lowest BCUT2D eigenvalue weighted by atomic mass is 10.5. The molecule has 70 valence electrons. The van der Waals surface area contributed by atoms with E-state index in [0.717, 1.165) is 0 Å². The number of nitrogens with zero attached hydrogens (tertiary/aromatic N) is 2. The summed E-state index contributed by atoms with van der Waals surface area (Å²) in [5, 5.41) is 10.3. The van der Waals surface area contributed by atoms with E-state index in [9.17, 15) is 9.59 Å². The number of urea groups is 1. The molecule has 0 saturated carbocycles. The molecule has 1 heterocycles. The van der Waals surface area contributed by atoms with Gasteiger partial charge in [-0.25, -0.2) is 4.79 Å². The Morgan fingerprint density at radius 1 is 1.62 bits per heavy atom. The molecule has 1 N–H and O–H groups in total. The molecule has 3 amide bonds. The van der Waals surface area contributed by atoms with E-state index in [1.165, 1.54) is 4.90 Å². The maximum Gasteiger partial charge on any atom is 0.325 e. The third kappa shape index (κ3) is 2.47. The molecular formula is C6H5Cl2N3O2. The summed E-state index contributed by atoms with van der Waals surface area (Å²) in [6, 6.07) is 0.791. The molecule has 1 unspecified atom stereocenters. The second-order valence-electron chi connectivity index (χ2n) is 2.39. The highest BCUT2D eigenvalue weighted by atomic mass is 35.5. The first kappa shape index (κ1) is 10.1. The Morgan fingerprint density at radius 3 is 2.62 bits per heavy atom. The minimum absolute atomic E-state index is 0.338. The largest absolute Gasteiger partial charge is 0.325 e. The SMILES string of the molecule is N#CC1CN1C(=O)NC(=O)C(Cl)Cl. The fourth-order valence-corrected chi connectivity index (χ4v) is 0.815. The number of imide groups is 1. The van der Waals surface area contributed by atoms with Gasteiger partial charge in [0, 0.05) is 0 Å². The van der Waals surface area contributed by atoms with Gasteiger partial charge in [0.2, 0.25) is 0 Å². The number of amides is 3. The van der Waals surface area contributed by atoms with Crippen LogP contribution in [0.4, 0.5) is 4.79 Å². The summed E-state index contributed by atoms with van der Waals surface area (Å²) in [6.45, 7) is 0.338. The summed E-state index contributed by atoms with van der Waals surface area (Å²) in [5.41, 5.74) is 0. The Labute approximate surface area is 84.2 Å². The number of hydrogen-bond acceptors (Lipinski definition) is 3. The van der Waals surface area contributed by atoms with E-state index in [2.05, 4.69) is 0 Å². The van der Waals surface area contributed by atoms with Gasteiger partial charge in [-0.2, -0.15) is 5.26 Å². The lowest BCUT2D eigenvalue weighted by Crippen LogP contribution is -2.37. The van der Waals surface area contributed by atoms with Crippen molar-refractivity contribution in [2.45, 2.75) is 10.9 Å². The van der Waals surface area contributed by atoms with Gasteiger partial charge in [-0.3, -0.25) is 10.1 Å². The van der Waals surface area contributed by atoms with Crippen molar-refractivity contribution < 1.29 is 9.59 Å². The number of rotatable bonds is 1. The minimum Gasteiger partial charge on any atom is -0.303 e. The van der Waals surface area contributed by atoms with Gasteiger partial charge in [-0.1, -0.05) is 23.2 Å². The molecule has 0 aromatic rings. The first-order chi connectivity index (χ1) is 6.06. The van der Waals surface area contributed by atoms with E-state index in [-0.39, 0.29) is 0 Å². The highest BCUT2D eigenvalue weighted by molar-refractivity contribution is 6.54. The smallest absolute Gasteiger partial charge is 0.303 e. The predicted octanol–water partition coefficient (Wildman–Crippen LogP) is 0.234. The van der Waals surface area contributed by atoms with Gasteiger partial charge >= 0.3 is 6.03 Å². The zero-order chi connectivity index (χ0) is 10.0. The van der Waals surface area contributed by atoms with Crippen LogP contribution in [0, 0.1) is 11.3 Å².